The van der Waals surface area contributed by atoms with Crippen LogP contribution in [0.3, 0.4) is 0 Å². The first-order chi connectivity index (χ1) is 30.9. The zero-order valence-corrected chi connectivity index (χ0v) is 38.5. The van der Waals surface area contributed by atoms with Gasteiger partial charge in [0, 0.05) is 59.8 Å². The summed E-state index contributed by atoms with van der Waals surface area (Å²) in [5.74, 6) is 2.70. The van der Waals surface area contributed by atoms with Gasteiger partial charge in [0.25, 0.3) is 0 Å². The molecule has 0 saturated carbocycles. The van der Waals surface area contributed by atoms with E-state index in [1.54, 1.807) is 0 Å². The molecule has 5 aromatic heterocycles. The van der Waals surface area contributed by atoms with E-state index in [4.69, 9.17) is 14.4 Å². The molecule has 6 nitrogen and oxygen atoms in total. The Kier molecular flexibility index (Phi) is 9.53. The average molecular weight is 1010 g/mol. The van der Waals surface area contributed by atoms with E-state index in [0.717, 1.165) is 66.8 Å². The van der Waals surface area contributed by atoms with E-state index in [1.807, 2.05) is 42.5 Å². The van der Waals surface area contributed by atoms with Crippen LogP contribution in [-0.4, -0.2) is 23.5 Å². The Morgan fingerprint density at radius 3 is 1.81 bits per heavy atom. The van der Waals surface area contributed by atoms with Crippen LogP contribution in [0, 0.1) is 12.1 Å². The second-order valence-electron chi connectivity index (χ2n) is 17.2. The van der Waals surface area contributed by atoms with Crippen LogP contribution in [0.5, 0.6) is 0 Å². The van der Waals surface area contributed by atoms with Crippen LogP contribution in [0.2, 0.25) is 0 Å². The Morgan fingerprint density at radius 1 is 0.500 bits per heavy atom. The minimum absolute atomic E-state index is 0. The second kappa shape index (κ2) is 15.3. The Balaban J connectivity index is 0.000000147. The van der Waals surface area contributed by atoms with E-state index in [0.29, 0.717) is 11.8 Å². The number of hydrogen-bond donors (Lipinski definition) is 0. The smallest absolute Gasteiger partial charge is 0.137 e. The molecule has 13 rings (SSSR count). The summed E-state index contributed by atoms with van der Waals surface area (Å²) in [5, 5.41) is 7.27. The fourth-order valence-electron chi connectivity index (χ4n) is 9.99. The first kappa shape index (κ1) is 39.8. The zero-order valence-electron chi connectivity index (χ0n) is 36.1. The molecule has 64 heavy (non-hydrogen) atoms. The molecule has 13 aromatic rings. The van der Waals surface area contributed by atoms with Gasteiger partial charge in [0.2, 0.25) is 0 Å². The van der Waals surface area contributed by atoms with Crippen molar-refractivity contribution in [3.63, 3.8) is 0 Å². The predicted octanol–water partition coefficient (Wildman–Crippen LogP) is 14.8. The van der Waals surface area contributed by atoms with Crippen molar-refractivity contribution in [3.05, 3.63) is 181 Å². The van der Waals surface area contributed by atoms with E-state index in [-0.39, 0.29) is 20.1 Å². The molecular formula is C57H43IrN5O-2. The first-order valence-electron chi connectivity index (χ1n) is 21.8. The van der Waals surface area contributed by atoms with Crippen molar-refractivity contribution in [1.29, 1.82) is 0 Å². The summed E-state index contributed by atoms with van der Waals surface area (Å²) in [7, 11) is 2.08. The molecule has 0 unspecified atom stereocenters. The molecule has 0 aliphatic carbocycles. The van der Waals surface area contributed by atoms with Crippen LogP contribution < -0.4 is 0 Å². The third-order valence-electron chi connectivity index (χ3n) is 12.8. The maximum absolute atomic E-state index is 6.46. The van der Waals surface area contributed by atoms with Crippen LogP contribution in [0.25, 0.3) is 111 Å². The van der Waals surface area contributed by atoms with E-state index < -0.39 is 0 Å². The Hall–Kier alpha value is -7.05. The van der Waals surface area contributed by atoms with Gasteiger partial charge in [-0.3, -0.25) is 9.97 Å². The number of aromatic nitrogens is 5. The Labute approximate surface area is 384 Å². The van der Waals surface area contributed by atoms with Crippen molar-refractivity contribution >= 4 is 82.1 Å². The van der Waals surface area contributed by atoms with Gasteiger partial charge in [-0.15, -0.1) is 71.8 Å². The molecular weight excluding hydrogens is 963 g/mol. The van der Waals surface area contributed by atoms with Gasteiger partial charge in [0.15, 0.2) is 0 Å². The minimum Gasteiger partial charge on any atom is -0.456 e. The van der Waals surface area contributed by atoms with E-state index >= 15 is 0 Å². The molecule has 8 aromatic carbocycles. The monoisotopic (exact) mass is 1010 g/mol. The number of para-hydroxylation sites is 5. The molecule has 0 atom stereocenters. The van der Waals surface area contributed by atoms with Crippen molar-refractivity contribution in [2.45, 2.75) is 39.5 Å². The third-order valence-corrected chi connectivity index (χ3v) is 12.8. The predicted molar refractivity (Wildman–Crippen MR) is 260 cm³/mol. The van der Waals surface area contributed by atoms with Gasteiger partial charge in [-0.05, 0) is 65.4 Å². The number of rotatable bonds is 5. The fourth-order valence-corrected chi connectivity index (χ4v) is 9.99. The van der Waals surface area contributed by atoms with Gasteiger partial charge < -0.3 is 18.0 Å². The molecule has 0 bridgehead atoms. The van der Waals surface area contributed by atoms with E-state index in [1.165, 1.54) is 54.9 Å². The largest absolute Gasteiger partial charge is 0.456 e. The summed E-state index contributed by atoms with van der Waals surface area (Å²) in [6.45, 7) is 9.04. The molecule has 0 aliphatic rings. The van der Waals surface area contributed by atoms with E-state index in [2.05, 4.69) is 176 Å². The minimum atomic E-state index is 0. The number of benzene rings is 8. The van der Waals surface area contributed by atoms with Gasteiger partial charge in [0.1, 0.15) is 11.2 Å². The van der Waals surface area contributed by atoms with E-state index in [9.17, 15) is 0 Å². The standard InChI is InChI=1S/C32H18N3O.C25H25N2.Ir/c1-34-31-24(33-32(34)18-8-3-2-4-9-18)14-15-27-29(31)23-16-26-22(17-28(23)36-27)21-12-7-11-20-19-10-5-6-13-25(19)35(26)30(20)21;1-17(2)20-13-10-14-21(18(3)4)24(20)27-23-16-9-8-15-22(23)26-25(27)19-11-6-5-7-12-19;/h2-8,10-17H,1H3;5-11,13-18H,1-4H3;/q2*-1;. The maximum Gasteiger partial charge on any atom is 0.137 e. The summed E-state index contributed by atoms with van der Waals surface area (Å²) < 4.78 is 13.4. The molecule has 0 spiro atoms. The number of fused-ring (bicyclic) bond motifs is 12. The SMILES string of the molecule is CC(C)c1cccc(C(C)C)c1-n1c(-c2[c-]cccc2)nc2ccccc21.Cn1c(-c2[c-]cccc2)nc2ccc3oc4cc5c6cccc7c8ccccc8n(c5cc4c3c21)c76.[Ir]. The van der Waals surface area contributed by atoms with Crippen molar-refractivity contribution in [1.82, 2.24) is 23.5 Å². The van der Waals surface area contributed by atoms with Crippen molar-refractivity contribution in [2.24, 2.45) is 7.05 Å². The second-order valence-corrected chi connectivity index (χ2v) is 17.2. The van der Waals surface area contributed by atoms with Gasteiger partial charge in [-0.2, -0.15) is 0 Å². The average Bonchev–Trinajstić information content (AvgIpc) is 4.13. The maximum atomic E-state index is 6.46. The number of nitrogens with zero attached hydrogens (tertiary/aromatic N) is 5. The number of imidazole rings is 2. The number of furan rings is 1. The topological polar surface area (TPSA) is 53.2 Å². The number of hydrogen-bond acceptors (Lipinski definition) is 3. The zero-order chi connectivity index (χ0) is 42.5. The van der Waals surface area contributed by atoms with Crippen molar-refractivity contribution in [2.75, 3.05) is 0 Å². The summed E-state index contributed by atoms with van der Waals surface area (Å²) in [6.07, 6.45) is 0. The van der Waals surface area contributed by atoms with Crippen LogP contribution in [-0.2, 0) is 27.2 Å². The summed E-state index contributed by atoms with van der Waals surface area (Å²) in [5.41, 5.74) is 15.6. The van der Waals surface area contributed by atoms with Gasteiger partial charge in [0.05, 0.1) is 55.7 Å². The van der Waals surface area contributed by atoms with Crippen LogP contribution in [0.15, 0.2) is 162 Å². The Bertz CT molecular complexity index is 3840. The van der Waals surface area contributed by atoms with Crippen LogP contribution >= 0.6 is 0 Å². The molecule has 1 radical (unpaired) electrons. The van der Waals surface area contributed by atoms with Crippen LogP contribution in [0.1, 0.15) is 50.7 Å². The molecule has 0 fully saturated rings. The molecule has 5 heterocycles. The number of aryl methyl sites for hydroxylation is 1. The normalized spacial score (nSPS) is 12.0. The van der Waals surface area contributed by atoms with Crippen molar-refractivity contribution in [3.8, 4) is 28.5 Å². The Morgan fingerprint density at radius 2 is 1.11 bits per heavy atom. The fraction of sp³-hybridized carbons (Fsp3) is 0.123. The van der Waals surface area contributed by atoms with Crippen molar-refractivity contribution < 1.29 is 24.5 Å². The summed E-state index contributed by atoms with van der Waals surface area (Å²) >= 11 is 0. The van der Waals surface area contributed by atoms with Gasteiger partial charge >= 0.3 is 0 Å². The molecule has 0 amide bonds. The molecule has 0 N–H and O–H groups in total. The summed E-state index contributed by atoms with van der Waals surface area (Å²) in [4.78, 5) is 9.96. The molecule has 7 heteroatoms. The van der Waals surface area contributed by atoms with Gasteiger partial charge in [-0.1, -0.05) is 94.4 Å². The summed E-state index contributed by atoms with van der Waals surface area (Å²) in [6, 6.07) is 61.8. The van der Waals surface area contributed by atoms with Gasteiger partial charge in [-0.25, -0.2) is 0 Å². The molecule has 313 valence electrons. The quantitative estimate of drug-likeness (QED) is 0.161. The van der Waals surface area contributed by atoms with Crippen LogP contribution in [0.4, 0.5) is 0 Å². The first-order valence-corrected chi connectivity index (χ1v) is 21.8. The molecule has 0 saturated heterocycles. The molecule has 0 aliphatic heterocycles. The third kappa shape index (κ3) is 5.95.